The molecule has 2 aromatic rings. The van der Waals surface area contributed by atoms with Gasteiger partial charge in [-0.15, -0.1) is 0 Å². The number of nitrogens with zero attached hydrogens (tertiary/aromatic N) is 2. The van der Waals surface area contributed by atoms with Gasteiger partial charge in [0.15, 0.2) is 11.5 Å². The predicted octanol–water partition coefficient (Wildman–Crippen LogP) is 2.29. The molecule has 6 heteroatoms. The molecular weight excluding hydrogens is 306 g/mol. The molecule has 2 aromatic carbocycles. The van der Waals surface area contributed by atoms with Crippen LogP contribution in [0.4, 0.5) is 5.69 Å². The SMILES string of the molecule is COc1ccc(/C=N/NC(=O)CN(C)c2ccccc2)cc1OC. The lowest BCUT2D eigenvalue weighted by Crippen LogP contribution is -2.32. The van der Waals surface area contributed by atoms with Gasteiger partial charge in [0.05, 0.1) is 27.0 Å². The highest BCUT2D eigenvalue weighted by molar-refractivity contribution is 5.85. The summed E-state index contributed by atoms with van der Waals surface area (Å²) in [5, 5.41) is 3.97. The lowest BCUT2D eigenvalue weighted by Gasteiger charge is -2.17. The summed E-state index contributed by atoms with van der Waals surface area (Å²) >= 11 is 0. The fraction of sp³-hybridized carbons (Fsp3) is 0.222. The maximum Gasteiger partial charge on any atom is 0.259 e. The first-order valence-corrected chi connectivity index (χ1v) is 7.44. The van der Waals surface area contributed by atoms with E-state index in [0.717, 1.165) is 11.3 Å². The Morgan fingerprint density at radius 1 is 1.12 bits per heavy atom. The van der Waals surface area contributed by atoms with Gasteiger partial charge in [0, 0.05) is 12.7 Å². The molecule has 0 spiro atoms. The number of hydrazone groups is 1. The number of rotatable bonds is 7. The van der Waals surface area contributed by atoms with E-state index in [-0.39, 0.29) is 12.5 Å². The Morgan fingerprint density at radius 2 is 1.83 bits per heavy atom. The van der Waals surface area contributed by atoms with Crippen molar-refractivity contribution in [1.29, 1.82) is 0 Å². The third kappa shape index (κ3) is 4.74. The maximum atomic E-state index is 11.9. The van der Waals surface area contributed by atoms with Gasteiger partial charge in [-0.25, -0.2) is 5.43 Å². The molecule has 0 atom stereocenters. The van der Waals surface area contributed by atoms with Crippen molar-refractivity contribution in [1.82, 2.24) is 5.43 Å². The monoisotopic (exact) mass is 327 g/mol. The molecule has 0 aromatic heterocycles. The Balaban J connectivity index is 1.90. The summed E-state index contributed by atoms with van der Waals surface area (Å²) < 4.78 is 10.4. The van der Waals surface area contributed by atoms with E-state index in [1.165, 1.54) is 0 Å². The number of hydrogen-bond acceptors (Lipinski definition) is 5. The second kappa shape index (κ2) is 8.57. The van der Waals surface area contributed by atoms with E-state index in [4.69, 9.17) is 9.47 Å². The smallest absolute Gasteiger partial charge is 0.259 e. The Hall–Kier alpha value is -3.02. The van der Waals surface area contributed by atoms with Gasteiger partial charge in [0.1, 0.15) is 0 Å². The molecule has 1 N–H and O–H groups in total. The minimum atomic E-state index is -0.196. The van der Waals surface area contributed by atoms with Crippen molar-refractivity contribution >= 4 is 17.8 Å². The summed E-state index contributed by atoms with van der Waals surface area (Å²) in [6, 6.07) is 15.1. The average Bonchev–Trinajstić information content (AvgIpc) is 2.62. The van der Waals surface area contributed by atoms with E-state index in [0.29, 0.717) is 11.5 Å². The first-order chi connectivity index (χ1) is 11.6. The van der Waals surface area contributed by atoms with E-state index in [9.17, 15) is 4.79 Å². The van der Waals surface area contributed by atoms with Crippen LogP contribution in [-0.2, 0) is 4.79 Å². The normalized spacial score (nSPS) is 10.5. The van der Waals surface area contributed by atoms with E-state index >= 15 is 0 Å². The number of nitrogens with one attached hydrogen (secondary N) is 1. The van der Waals surface area contributed by atoms with Gasteiger partial charge >= 0.3 is 0 Å². The van der Waals surface area contributed by atoms with Gasteiger partial charge in [-0.1, -0.05) is 18.2 Å². The number of carbonyl (C=O) groups excluding carboxylic acids is 1. The molecule has 2 rings (SSSR count). The second-order valence-corrected chi connectivity index (χ2v) is 5.10. The number of methoxy groups -OCH3 is 2. The Labute approximate surface area is 141 Å². The molecule has 0 aliphatic heterocycles. The molecule has 0 fully saturated rings. The van der Waals surface area contributed by atoms with Gasteiger partial charge in [0.2, 0.25) is 0 Å². The standard InChI is InChI=1S/C18H21N3O3/c1-21(15-7-5-4-6-8-15)13-18(22)20-19-12-14-9-10-16(23-2)17(11-14)24-3/h4-12H,13H2,1-3H3,(H,20,22)/b19-12+. The van der Waals surface area contributed by atoms with Crippen LogP contribution in [0.5, 0.6) is 11.5 Å². The Bertz CT molecular complexity index is 702. The summed E-state index contributed by atoms with van der Waals surface area (Å²) in [4.78, 5) is 13.8. The number of amides is 1. The minimum Gasteiger partial charge on any atom is -0.493 e. The van der Waals surface area contributed by atoms with Crippen molar-refractivity contribution in [3.05, 3.63) is 54.1 Å². The van der Waals surface area contributed by atoms with E-state index in [2.05, 4.69) is 10.5 Å². The molecule has 24 heavy (non-hydrogen) atoms. The third-order valence-electron chi connectivity index (χ3n) is 3.39. The van der Waals surface area contributed by atoms with Crippen LogP contribution in [0.2, 0.25) is 0 Å². The molecular formula is C18H21N3O3. The molecule has 0 radical (unpaired) electrons. The minimum absolute atomic E-state index is 0.196. The summed E-state index contributed by atoms with van der Waals surface area (Å²) in [6.45, 7) is 0.216. The lowest BCUT2D eigenvalue weighted by molar-refractivity contribution is -0.119. The van der Waals surface area contributed by atoms with Crippen LogP contribution in [0.15, 0.2) is 53.6 Å². The van der Waals surface area contributed by atoms with Crippen LogP contribution in [0.25, 0.3) is 0 Å². The number of para-hydroxylation sites is 1. The molecule has 0 aliphatic rings. The summed E-state index contributed by atoms with van der Waals surface area (Å²) in [6.07, 6.45) is 1.56. The molecule has 6 nitrogen and oxygen atoms in total. The van der Waals surface area contributed by atoms with Crippen LogP contribution < -0.4 is 19.8 Å². The first-order valence-electron chi connectivity index (χ1n) is 7.44. The quantitative estimate of drug-likeness (QED) is 0.626. The Morgan fingerprint density at radius 3 is 2.50 bits per heavy atom. The maximum absolute atomic E-state index is 11.9. The number of anilines is 1. The van der Waals surface area contributed by atoms with Crippen LogP contribution >= 0.6 is 0 Å². The highest BCUT2D eigenvalue weighted by Crippen LogP contribution is 2.26. The fourth-order valence-corrected chi connectivity index (χ4v) is 2.14. The van der Waals surface area contributed by atoms with Crippen molar-refractivity contribution in [2.75, 3.05) is 32.7 Å². The largest absolute Gasteiger partial charge is 0.493 e. The average molecular weight is 327 g/mol. The Kier molecular flexibility index (Phi) is 6.19. The zero-order chi connectivity index (χ0) is 17.4. The highest BCUT2D eigenvalue weighted by atomic mass is 16.5. The number of ether oxygens (including phenoxy) is 2. The number of likely N-dealkylation sites (N-methyl/N-ethyl adjacent to an activating group) is 1. The summed E-state index contributed by atoms with van der Waals surface area (Å²) in [7, 11) is 5.00. The van der Waals surface area contributed by atoms with Crippen molar-refractivity contribution in [3.8, 4) is 11.5 Å². The lowest BCUT2D eigenvalue weighted by atomic mass is 10.2. The van der Waals surface area contributed by atoms with E-state index in [1.54, 1.807) is 32.6 Å². The molecule has 0 unspecified atom stereocenters. The van der Waals surface area contributed by atoms with Gasteiger partial charge < -0.3 is 14.4 Å². The van der Waals surface area contributed by atoms with Crippen molar-refractivity contribution < 1.29 is 14.3 Å². The summed E-state index contributed by atoms with van der Waals surface area (Å²) in [5.74, 6) is 1.05. The first kappa shape index (κ1) is 17.3. The molecule has 0 saturated heterocycles. The molecule has 0 saturated carbocycles. The fourth-order valence-electron chi connectivity index (χ4n) is 2.14. The third-order valence-corrected chi connectivity index (χ3v) is 3.39. The van der Waals surface area contributed by atoms with E-state index < -0.39 is 0 Å². The van der Waals surface area contributed by atoms with Gasteiger partial charge in [-0.05, 0) is 35.9 Å². The van der Waals surface area contributed by atoms with E-state index in [1.807, 2.05) is 48.3 Å². The van der Waals surface area contributed by atoms with Crippen molar-refractivity contribution in [3.63, 3.8) is 0 Å². The number of benzene rings is 2. The second-order valence-electron chi connectivity index (χ2n) is 5.10. The molecule has 126 valence electrons. The van der Waals surface area contributed by atoms with Gasteiger partial charge in [-0.2, -0.15) is 5.10 Å². The molecule has 0 heterocycles. The highest BCUT2D eigenvalue weighted by Gasteiger charge is 2.06. The van der Waals surface area contributed by atoms with Crippen molar-refractivity contribution in [2.45, 2.75) is 0 Å². The molecule has 1 amide bonds. The number of carbonyl (C=O) groups is 1. The zero-order valence-electron chi connectivity index (χ0n) is 14.0. The van der Waals surface area contributed by atoms with Crippen LogP contribution in [0, 0.1) is 0 Å². The van der Waals surface area contributed by atoms with Gasteiger partial charge in [-0.3, -0.25) is 4.79 Å². The summed E-state index contributed by atoms with van der Waals surface area (Å²) in [5.41, 5.74) is 4.28. The van der Waals surface area contributed by atoms with Crippen molar-refractivity contribution in [2.24, 2.45) is 5.10 Å². The zero-order valence-corrected chi connectivity index (χ0v) is 14.0. The van der Waals surface area contributed by atoms with Crippen LogP contribution in [0.3, 0.4) is 0 Å². The van der Waals surface area contributed by atoms with Crippen LogP contribution in [-0.4, -0.2) is 39.9 Å². The number of hydrogen-bond donors (Lipinski definition) is 1. The van der Waals surface area contributed by atoms with Crippen LogP contribution in [0.1, 0.15) is 5.56 Å². The predicted molar refractivity (Wildman–Crippen MR) is 95.0 cm³/mol. The molecule has 0 bridgehead atoms. The van der Waals surface area contributed by atoms with Gasteiger partial charge in [0.25, 0.3) is 5.91 Å². The topological polar surface area (TPSA) is 63.2 Å². The molecule has 0 aliphatic carbocycles.